The molecule has 2 aliphatic rings. The van der Waals surface area contributed by atoms with E-state index in [1.807, 2.05) is 6.07 Å². The standard InChI is InChI=1S/C13H13N3O2/c14-8-9-7-12(5-6-13(9)16(17)18)15-10-1-2-11(15)4-3-10/h5-7,10-11H,1-4H2. The van der Waals surface area contributed by atoms with Crippen molar-refractivity contribution in [2.24, 2.45) is 0 Å². The normalized spacial score (nSPS) is 25.2. The number of anilines is 1. The minimum atomic E-state index is -0.499. The lowest BCUT2D eigenvalue weighted by molar-refractivity contribution is -0.385. The maximum Gasteiger partial charge on any atom is 0.287 e. The number of fused-ring (bicyclic) bond motifs is 2. The van der Waals surface area contributed by atoms with Gasteiger partial charge in [-0.3, -0.25) is 10.1 Å². The lowest BCUT2D eigenvalue weighted by atomic mass is 10.0. The highest BCUT2D eigenvalue weighted by Crippen LogP contribution is 2.41. The van der Waals surface area contributed by atoms with Gasteiger partial charge < -0.3 is 4.90 Å². The molecule has 5 nitrogen and oxygen atoms in total. The van der Waals surface area contributed by atoms with Crippen LogP contribution in [-0.2, 0) is 0 Å². The summed E-state index contributed by atoms with van der Waals surface area (Å²) in [6, 6.07) is 7.92. The van der Waals surface area contributed by atoms with E-state index in [0.717, 1.165) is 5.69 Å². The minimum absolute atomic E-state index is 0.104. The summed E-state index contributed by atoms with van der Waals surface area (Å²) in [5, 5.41) is 19.8. The smallest absolute Gasteiger partial charge is 0.287 e. The number of nitrogens with zero attached hydrogens (tertiary/aromatic N) is 3. The van der Waals surface area contributed by atoms with Crippen LogP contribution in [0.15, 0.2) is 18.2 Å². The van der Waals surface area contributed by atoms with Crippen molar-refractivity contribution >= 4 is 11.4 Å². The second-order valence-corrected chi connectivity index (χ2v) is 4.94. The molecule has 18 heavy (non-hydrogen) atoms. The molecule has 0 aliphatic carbocycles. The Hall–Kier alpha value is -2.09. The third kappa shape index (κ3) is 1.53. The van der Waals surface area contributed by atoms with Crippen molar-refractivity contribution in [3.05, 3.63) is 33.9 Å². The summed E-state index contributed by atoms with van der Waals surface area (Å²) < 4.78 is 0. The van der Waals surface area contributed by atoms with E-state index in [1.54, 1.807) is 12.1 Å². The Balaban J connectivity index is 2.00. The second-order valence-electron chi connectivity index (χ2n) is 4.94. The summed E-state index contributed by atoms with van der Waals surface area (Å²) in [6.45, 7) is 0. The Kier molecular flexibility index (Phi) is 2.44. The highest BCUT2D eigenvalue weighted by atomic mass is 16.6. The molecule has 0 spiro atoms. The highest BCUT2D eigenvalue weighted by molar-refractivity contribution is 5.61. The molecule has 2 aliphatic heterocycles. The lowest BCUT2D eigenvalue weighted by Crippen LogP contribution is -2.27. The van der Waals surface area contributed by atoms with Crippen molar-refractivity contribution in [1.82, 2.24) is 0 Å². The molecule has 1 aromatic carbocycles. The van der Waals surface area contributed by atoms with Crippen LogP contribution in [0.3, 0.4) is 0 Å². The predicted octanol–water partition coefficient (Wildman–Crippen LogP) is 2.60. The molecule has 0 N–H and O–H groups in total. The molecule has 0 radical (unpaired) electrons. The molecule has 0 unspecified atom stereocenters. The molecule has 2 fully saturated rings. The molecule has 2 heterocycles. The van der Waals surface area contributed by atoms with E-state index in [-0.39, 0.29) is 11.3 Å². The number of hydrogen-bond donors (Lipinski definition) is 0. The SMILES string of the molecule is N#Cc1cc(N2C3CCC2CC3)ccc1[N+](=O)[O-]. The van der Waals surface area contributed by atoms with Gasteiger partial charge in [0.1, 0.15) is 11.6 Å². The van der Waals surface area contributed by atoms with E-state index < -0.39 is 4.92 Å². The highest BCUT2D eigenvalue weighted by Gasteiger charge is 2.39. The minimum Gasteiger partial charge on any atom is -0.366 e. The van der Waals surface area contributed by atoms with E-state index >= 15 is 0 Å². The maximum absolute atomic E-state index is 10.8. The summed E-state index contributed by atoms with van der Waals surface area (Å²) in [5.74, 6) is 0. The number of hydrogen-bond acceptors (Lipinski definition) is 4. The fourth-order valence-corrected chi connectivity index (χ4v) is 3.27. The summed E-state index contributed by atoms with van der Waals surface area (Å²) >= 11 is 0. The van der Waals surface area contributed by atoms with Crippen molar-refractivity contribution in [3.8, 4) is 6.07 Å². The molecule has 92 valence electrons. The van der Waals surface area contributed by atoms with Crippen LogP contribution in [0, 0.1) is 21.4 Å². The van der Waals surface area contributed by atoms with Gasteiger partial charge in [-0.1, -0.05) is 0 Å². The fourth-order valence-electron chi connectivity index (χ4n) is 3.27. The third-order valence-corrected chi connectivity index (χ3v) is 4.05. The van der Waals surface area contributed by atoms with Crippen LogP contribution < -0.4 is 4.90 Å². The van der Waals surface area contributed by atoms with Crippen LogP contribution in [0.1, 0.15) is 31.2 Å². The van der Waals surface area contributed by atoms with E-state index in [4.69, 9.17) is 5.26 Å². The molecule has 0 amide bonds. The van der Waals surface area contributed by atoms with Gasteiger partial charge in [-0.05, 0) is 37.8 Å². The van der Waals surface area contributed by atoms with Crippen LogP contribution in [-0.4, -0.2) is 17.0 Å². The van der Waals surface area contributed by atoms with Gasteiger partial charge in [0.05, 0.1) is 4.92 Å². The number of nitriles is 1. The number of nitro groups is 1. The Labute approximate surface area is 105 Å². The molecule has 2 saturated heterocycles. The van der Waals surface area contributed by atoms with Crippen molar-refractivity contribution < 1.29 is 4.92 Å². The fraction of sp³-hybridized carbons (Fsp3) is 0.462. The van der Waals surface area contributed by atoms with E-state index in [1.165, 1.54) is 31.7 Å². The monoisotopic (exact) mass is 243 g/mol. The van der Waals surface area contributed by atoms with Gasteiger partial charge in [-0.15, -0.1) is 0 Å². The predicted molar refractivity (Wildman–Crippen MR) is 66.3 cm³/mol. The number of benzene rings is 1. The zero-order valence-corrected chi connectivity index (χ0v) is 9.87. The van der Waals surface area contributed by atoms with Crippen LogP contribution in [0.2, 0.25) is 0 Å². The molecule has 2 bridgehead atoms. The average Bonchev–Trinajstić information content (AvgIpc) is 2.97. The van der Waals surface area contributed by atoms with Gasteiger partial charge in [0.15, 0.2) is 0 Å². The first-order valence-corrected chi connectivity index (χ1v) is 6.17. The van der Waals surface area contributed by atoms with E-state index in [2.05, 4.69) is 4.90 Å². The molecule has 5 heteroatoms. The zero-order valence-electron chi connectivity index (χ0n) is 9.87. The van der Waals surface area contributed by atoms with Crippen LogP contribution in [0.25, 0.3) is 0 Å². The van der Waals surface area contributed by atoms with Gasteiger partial charge in [0.2, 0.25) is 0 Å². The Morgan fingerprint density at radius 3 is 2.39 bits per heavy atom. The molecular weight excluding hydrogens is 230 g/mol. The Morgan fingerprint density at radius 1 is 1.28 bits per heavy atom. The first-order chi connectivity index (χ1) is 8.70. The Bertz CT molecular complexity index is 530. The van der Waals surface area contributed by atoms with Crippen LogP contribution in [0.4, 0.5) is 11.4 Å². The summed E-state index contributed by atoms with van der Waals surface area (Å²) in [6.07, 6.45) is 4.79. The second kappa shape index (κ2) is 3.98. The van der Waals surface area contributed by atoms with Crippen LogP contribution in [0.5, 0.6) is 0 Å². The van der Waals surface area contributed by atoms with Gasteiger partial charge in [0, 0.05) is 23.8 Å². The van der Waals surface area contributed by atoms with Gasteiger partial charge in [0.25, 0.3) is 5.69 Å². The lowest BCUT2D eigenvalue weighted by Gasteiger charge is -2.24. The Morgan fingerprint density at radius 2 is 1.89 bits per heavy atom. The van der Waals surface area contributed by atoms with Crippen molar-refractivity contribution in [2.75, 3.05) is 4.90 Å². The zero-order chi connectivity index (χ0) is 12.7. The largest absolute Gasteiger partial charge is 0.366 e. The van der Waals surface area contributed by atoms with Crippen LogP contribution >= 0.6 is 0 Å². The van der Waals surface area contributed by atoms with Crippen molar-refractivity contribution in [2.45, 2.75) is 37.8 Å². The topological polar surface area (TPSA) is 70.2 Å². The van der Waals surface area contributed by atoms with Gasteiger partial charge in [-0.2, -0.15) is 5.26 Å². The first-order valence-electron chi connectivity index (χ1n) is 6.17. The summed E-state index contributed by atoms with van der Waals surface area (Å²) in [4.78, 5) is 12.6. The average molecular weight is 243 g/mol. The molecular formula is C13H13N3O2. The number of nitro benzene ring substituents is 1. The maximum atomic E-state index is 10.8. The quantitative estimate of drug-likeness (QED) is 0.591. The van der Waals surface area contributed by atoms with E-state index in [9.17, 15) is 10.1 Å². The first kappa shape index (κ1) is 11.0. The van der Waals surface area contributed by atoms with Crippen molar-refractivity contribution in [1.29, 1.82) is 5.26 Å². The molecule has 0 atom stereocenters. The summed E-state index contributed by atoms with van der Waals surface area (Å²) in [7, 11) is 0. The third-order valence-electron chi connectivity index (χ3n) is 4.05. The molecule has 0 saturated carbocycles. The molecule has 1 aromatic rings. The van der Waals surface area contributed by atoms with Crippen molar-refractivity contribution in [3.63, 3.8) is 0 Å². The summed E-state index contributed by atoms with van der Waals surface area (Å²) in [5.41, 5.74) is 1.01. The van der Waals surface area contributed by atoms with Gasteiger partial charge >= 0.3 is 0 Å². The molecule has 0 aromatic heterocycles. The van der Waals surface area contributed by atoms with Gasteiger partial charge in [-0.25, -0.2) is 0 Å². The number of rotatable bonds is 2. The molecule has 3 rings (SSSR count). The van der Waals surface area contributed by atoms with E-state index in [0.29, 0.717) is 12.1 Å².